The van der Waals surface area contributed by atoms with Crippen LogP contribution in [0.5, 0.6) is 0 Å². The summed E-state index contributed by atoms with van der Waals surface area (Å²) < 4.78 is 0. The maximum Gasteiger partial charge on any atom is 0.246 e. The molecule has 0 N–H and O–H groups in total. The van der Waals surface area contributed by atoms with Gasteiger partial charge >= 0.3 is 0 Å². The van der Waals surface area contributed by atoms with Crippen LogP contribution in [0, 0.1) is 11.3 Å². The van der Waals surface area contributed by atoms with Gasteiger partial charge in [-0.15, -0.1) is 0 Å². The summed E-state index contributed by atoms with van der Waals surface area (Å²) in [7, 11) is 4.27. The Morgan fingerprint density at radius 1 is 1.05 bits per heavy atom. The first-order valence-electron chi connectivity index (χ1n) is 14.6. The lowest BCUT2D eigenvalue weighted by Gasteiger charge is -2.42. The molecule has 0 aliphatic carbocycles. The number of likely N-dealkylation sites (N-methyl/N-ethyl adjacent to an activating group) is 1. The van der Waals surface area contributed by atoms with Gasteiger partial charge in [0.05, 0.1) is 30.8 Å². The molecule has 2 saturated heterocycles. The maximum atomic E-state index is 12.5. The monoisotopic (exact) mass is 550 g/mol. The molecule has 2 atom stereocenters. The Hall–Kier alpha value is -4.16. The molecular weight excluding hydrogens is 512 g/mol. The third kappa shape index (κ3) is 5.20. The van der Waals surface area contributed by atoms with Crippen LogP contribution in [0.15, 0.2) is 55.1 Å². The van der Waals surface area contributed by atoms with Gasteiger partial charge in [-0.05, 0) is 44.5 Å². The first kappa shape index (κ1) is 27.0. The number of hydrogen-bond donors (Lipinski definition) is 0. The first-order valence-corrected chi connectivity index (χ1v) is 14.6. The van der Waals surface area contributed by atoms with E-state index in [1.807, 2.05) is 0 Å². The summed E-state index contributed by atoms with van der Waals surface area (Å²) in [5, 5.41) is 12.0. The molecule has 3 aromatic rings. The summed E-state index contributed by atoms with van der Waals surface area (Å²) in [6.45, 7) is 8.86. The summed E-state index contributed by atoms with van der Waals surface area (Å²) in [5.74, 6) is 1.63. The number of piperazine rings is 1. The third-order valence-electron chi connectivity index (χ3n) is 8.88. The van der Waals surface area contributed by atoms with Crippen molar-refractivity contribution in [2.75, 3.05) is 68.1 Å². The van der Waals surface area contributed by atoms with Gasteiger partial charge in [0, 0.05) is 61.9 Å². The number of nitrogens with zero attached hydrogens (tertiary/aromatic N) is 8. The number of amides is 1. The number of benzene rings is 2. The average molecular weight is 551 g/mol. The van der Waals surface area contributed by atoms with Crippen molar-refractivity contribution in [2.24, 2.45) is 0 Å². The van der Waals surface area contributed by atoms with E-state index in [4.69, 9.17) is 9.97 Å². The van der Waals surface area contributed by atoms with Crippen LogP contribution in [0.3, 0.4) is 0 Å². The molecule has 0 radical (unpaired) electrons. The van der Waals surface area contributed by atoms with Crippen molar-refractivity contribution in [3.05, 3.63) is 66.4 Å². The number of fused-ring (bicyclic) bond motifs is 2. The minimum Gasteiger partial charge on any atom is -0.365 e. The van der Waals surface area contributed by atoms with Gasteiger partial charge in [-0.3, -0.25) is 4.79 Å². The van der Waals surface area contributed by atoms with Crippen LogP contribution in [0.1, 0.15) is 24.1 Å². The molecule has 0 spiro atoms. The molecule has 4 heterocycles. The second-order valence-corrected chi connectivity index (χ2v) is 11.5. The van der Waals surface area contributed by atoms with Crippen LogP contribution in [-0.4, -0.2) is 91.1 Å². The fourth-order valence-electron chi connectivity index (χ4n) is 6.57. The molecule has 3 aliphatic rings. The largest absolute Gasteiger partial charge is 0.365 e. The van der Waals surface area contributed by atoms with Crippen molar-refractivity contribution >= 4 is 34.1 Å². The highest BCUT2D eigenvalue weighted by molar-refractivity contribution is 5.94. The second-order valence-electron chi connectivity index (χ2n) is 11.5. The van der Waals surface area contributed by atoms with Crippen LogP contribution in [-0.2, 0) is 17.8 Å². The highest BCUT2D eigenvalue weighted by atomic mass is 16.2. The molecule has 1 unspecified atom stereocenters. The standard InChI is InChI=1S/C32H38N8O/c1-4-30(41)40-19-18-38(21-25(40)12-15-33)31-27-14-17-37(29-11-7-9-23-8-5-6-10-26(23)29)22-28(27)34-32(35-31)39-16-13-24(20-39)36(2)3/h4-11,24-25H,1,12-14,16-22H2,2-3H3/t24?,25-/m0/s1. The van der Waals surface area contributed by atoms with Crippen molar-refractivity contribution in [3.63, 3.8) is 0 Å². The zero-order valence-corrected chi connectivity index (χ0v) is 24.0. The smallest absolute Gasteiger partial charge is 0.246 e. The van der Waals surface area contributed by atoms with E-state index in [0.29, 0.717) is 32.2 Å². The molecular formula is C32H38N8O. The topological polar surface area (TPSA) is 82.8 Å². The van der Waals surface area contributed by atoms with Gasteiger partial charge < -0.3 is 24.5 Å². The fourth-order valence-corrected chi connectivity index (χ4v) is 6.57. The van der Waals surface area contributed by atoms with Crippen LogP contribution in [0.2, 0.25) is 0 Å². The van der Waals surface area contributed by atoms with E-state index in [0.717, 1.165) is 49.9 Å². The molecule has 2 aromatic carbocycles. The Morgan fingerprint density at radius 2 is 1.88 bits per heavy atom. The van der Waals surface area contributed by atoms with E-state index in [1.54, 1.807) is 4.90 Å². The van der Waals surface area contributed by atoms with Crippen LogP contribution in [0.25, 0.3) is 10.8 Å². The molecule has 6 rings (SSSR count). The summed E-state index contributed by atoms with van der Waals surface area (Å²) >= 11 is 0. The number of rotatable bonds is 6. The number of carbonyl (C=O) groups excluding carboxylic acids is 1. The SMILES string of the molecule is C=CC(=O)N1CCN(c2nc(N3CCC(N(C)C)C3)nc3c2CCN(c2cccc4ccccc24)C3)C[C@@H]1CC#N. The van der Waals surface area contributed by atoms with E-state index < -0.39 is 0 Å². The molecule has 0 saturated carbocycles. The van der Waals surface area contributed by atoms with E-state index >= 15 is 0 Å². The Labute approximate surface area is 242 Å². The van der Waals surface area contributed by atoms with E-state index in [9.17, 15) is 10.1 Å². The van der Waals surface area contributed by atoms with Gasteiger partial charge in [-0.25, -0.2) is 4.98 Å². The van der Waals surface area contributed by atoms with Crippen LogP contribution >= 0.6 is 0 Å². The molecule has 1 aromatic heterocycles. The van der Waals surface area contributed by atoms with Gasteiger partial charge in [0.1, 0.15) is 5.82 Å². The average Bonchev–Trinajstić information content (AvgIpc) is 3.51. The van der Waals surface area contributed by atoms with Gasteiger partial charge in [0.25, 0.3) is 0 Å². The van der Waals surface area contributed by atoms with E-state index in [-0.39, 0.29) is 18.4 Å². The molecule has 41 heavy (non-hydrogen) atoms. The van der Waals surface area contributed by atoms with Gasteiger partial charge in [-0.1, -0.05) is 43.0 Å². The minimum absolute atomic E-state index is 0.118. The van der Waals surface area contributed by atoms with Gasteiger partial charge in [0.15, 0.2) is 0 Å². The lowest BCUT2D eigenvalue weighted by atomic mass is 10.0. The van der Waals surface area contributed by atoms with Crippen molar-refractivity contribution < 1.29 is 4.79 Å². The lowest BCUT2D eigenvalue weighted by molar-refractivity contribution is -0.128. The molecule has 2 fully saturated rings. The second kappa shape index (κ2) is 11.4. The van der Waals surface area contributed by atoms with Crippen LogP contribution in [0.4, 0.5) is 17.5 Å². The summed E-state index contributed by atoms with van der Waals surface area (Å²) in [4.78, 5) is 34.1. The van der Waals surface area contributed by atoms with Crippen molar-refractivity contribution in [1.82, 2.24) is 19.8 Å². The normalized spacial score (nSPS) is 20.8. The number of hydrogen-bond acceptors (Lipinski definition) is 8. The first-order chi connectivity index (χ1) is 20.0. The number of aromatic nitrogens is 2. The predicted molar refractivity (Wildman–Crippen MR) is 163 cm³/mol. The summed E-state index contributed by atoms with van der Waals surface area (Å²) in [6.07, 6.45) is 3.55. The molecule has 1 amide bonds. The Bertz CT molecular complexity index is 1490. The Kier molecular flexibility index (Phi) is 7.50. The van der Waals surface area contributed by atoms with Gasteiger partial charge in [0.2, 0.25) is 11.9 Å². The fraction of sp³-hybridized carbons (Fsp3) is 0.438. The van der Waals surface area contributed by atoms with E-state index in [2.05, 4.69) is 88.8 Å². The van der Waals surface area contributed by atoms with Crippen molar-refractivity contribution in [1.29, 1.82) is 5.26 Å². The zero-order valence-electron chi connectivity index (χ0n) is 24.0. The number of carbonyl (C=O) groups is 1. The molecule has 9 nitrogen and oxygen atoms in total. The van der Waals surface area contributed by atoms with E-state index in [1.165, 1.54) is 28.1 Å². The number of anilines is 3. The highest BCUT2D eigenvalue weighted by Gasteiger charge is 2.34. The van der Waals surface area contributed by atoms with Crippen molar-refractivity contribution in [3.8, 4) is 6.07 Å². The molecule has 212 valence electrons. The zero-order chi connectivity index (χ0) is 28.5. The lowest BCUT2D eigenvalue weighted by Crippen LogP contribution is -2.55. The molecule has 3 aliphatic heterocycles. The van der Waals surface area contributed by atoms with Crippen molar-refractivity contribution in [2.45, 2.75) is 37.9 Å². The highest BCUT2D eigenvalue weighted by Crippen LogP contribution is 2.35. The summed E-state index contributed by atoms with van der Waals surface area (Å²) in [5.41, 5.74) is 3.49. The van der Waals surface area contributed by atoms with Crippen LogP contribution < -0.4 is 14.7 Å². The molecule has 9 heteroatoms. The Balaban J connectivity index is 1.37. The molecule has 0 bridgehead atoms. The number of nitriles is 1. The predicted octanol–water partition coefficient (Wildman–Crippen LogP) is 3.45. The third-order valence-corrected chi connectivity index (χ3v) is 8.88. The quantitative estimate of drug-likeness (QED) is 0.432. The summed E-state index contributed by atoms with van der Waals surface area (Å²) in [6, 6.07) is 17.6. The maximum absolute atomic E-state index is 12.5. The minimum atomic E-state index is -0.200. The Morgan fingerprint density at radius 3 is 2.66 bits per heavy atom. The van der Waals surface area contributed by atoms with Gasteiger partial charge in [-0.2, -0.15) is 10.2 Å².